The second-order valence-electron chi connectivity index (χ2n) is 5.63. The van der Waals surface area contributed by atoms with Gasteiger partial charge in [-0.1, -0.05) is 53.7 Å². The quantitative estimate of drug-likeness (QED) is 0.548. The highest BCUT2D eigenvalue weighted by atomic mass is 35.5. The lowest BCUT2D eigenvalue weighted by Crippen LogP contribution is -2.11. The van der Waals surface area contributed by atoms with Crippen LogP contribution in [-0.4, -0.2) is 23.2 Å². The summed E-state index contributed by atoms with van der Waals surface area (Å²) in [6.07, 6.45) is 0. The Morgan fingerprint density at radius 1 is 1.04 bits per heavy atom. The van der Waals surface area contributed by atoms with E-state index in [1.54, 1.807) is 30.3 Å². The van der Waals surface area contributed by atoms with E-state index in [0.29, 0.717) is 33.2 Å². The summed E-state index contributed by atoms with van der Waals surface area (Å²) >= 11 is 7.43. The molecular formula is C18H18ClN3O2S2. The van der Waals surface area contributed by atoms with E-state index in [9.17, 15) is 8.42 Å². The number of benzene rings is 2. The van der Waals surface area contributed by atoms with Crippen LogP contribution in [0.5, 0.6) is 0 Å². The van der Waals surface area contributed by atoms with Crippen molar-refractivity contribution in [3.8, 4) is 0 Å². The lowest BCUT2D eigenvalue weighted by molar-refractivity contribution is 0.588. The molecule has 3 rings (SSSR count). The zero-order valence-electron chi connectivity index (χ0n) is 14.2. The van der Waals surface area contributed by atoms with Gasteiger partial charge >= 0.3 is 0 Å². The summed E-state index contributed by atoms with van der Waals surface area (Å²) in [5, 5.41) is 9.71. The van der Waals surface area contributed by atoms with Gasteiger partial charge in [0.2, 0.25) is 0 Å². The Hall–Kier alpha value is -1.83. The van der Waals surface area contributed by atoms with Crippen LogP contribution >= 0.6 is 23.4 Å². The molecule has 0 saturated heterocycles. The number of sulfone groups is 1. The van der Waals surface area contributed by atoms with E-state index >= 15 is 0 Å². The third kappa shape index (κ3) is 4.47. The minimum absolute atomic E-state index is 0.167. The number of halogens is 1. The number of rotatable bonds is 7. The molecule has 0 aliphatic rings. The van der Waals surface area contributed by atoms with E-state index in [-0.39, 0.29) is 5.75 Å². The van der Waals surface area contributed by atoms with Crippen LogP contribution in [0.4, 0.5) is 0 Å². The molecule has 0 unspecified atom stereocenters. The van der Waals surface area contributed by atoms with Crippen LogP contribution in [-0.2, 0) is 27.9 Å². The van der Waals surface area contributed by atoms with Crippen LogP contribution in [0.3, 0.4) is 0 Å². The molecule has 0 bridgehead atoms. The van der Waals surface area contributed by atoms with E-state index in [1.165, 1.54) is 11.8 Å². The van der Waals surface area contributed by atoms with Gasteiger partial charge in [-0.15, -0.1) is 10.2 Å². The maximum atomic E-state index is 12.6. The highest BCUT2D eigenvalue weighted by Gasteiger charge is 2.20. The summed E-state index contributed by atoms with van der Waals surface area (Å²) in [7, 11) is -3.45. The zero-order valence-corrected chi connectivity index (χ0v) is 16.6. The van der Waals surface area contributed by atoms with Crippen molar-refractivity contribution < 1.29 is 8.42 Å². The van der Waals surface area contributed by atoms with Gasteiger partial charge in [0.25, 0.3) is 0 Å². The van der Waals surface area contributed by atoms with Crippen molar-refractivity contribution in [1.29, 1.82) is 0 Å². The third-order valence-electron chi connectivity index (χ3n) is 3.81. The molecule has 1 aromatic heterocycles. The molecule has 2 aromatic carbocycles. The molecule has 0 atom stereocenters. The molecule has 0 N–H and O–H groups in total. The highest BCUT2D eigenvalue weighted by Crippen LogP contribution is 2.24. The molecule has 0 saturated carbocycles. The monoisotopic (exact) mass is 407 g/mol. The first-order chi connectivity index (χ1) is 12.5. The molecule has 0 fully saturated rings. The standard InChI is InChI=1S/C18H18ClN3O2S2/c1-2-22-17(13-26(23,24)16-6-4-3-5-7-16)20-21-18(22)25-12-14-8-10-15(19)11-9-14/h3-11H,2,12-13H2,1H3. The first-order valence-electron chi connectivity index (χ1n) is 8.06. The molecule has 26 heavy (non-hydrogen) atoms. The summed E-state index contributed by atoms with van der Waals surface area (Å²) in [6, 6.07) is 16.0. The predicted octanol–water partition coefficient (Wildman–Crippen LogP) is 4.22. The molecule has 0 radical (unpaired) electrons. The van der Waals surface area contributed by atoms with Crippen molar-refractivity contribution in [2.45, 2.75) is 35.0 Å². The van der Waals surface area contributed by atoms with Crippen molar-refractivity contribution in [3.05, 3.63) is 71.0 Å². The average molecular weight is 408 g/mol. The van der Waals surface area contributed by atoms with Gasteiger partial charge in [-0.05, 0) is 36.8 Å². The SMILES string of the molecule is CCn1c(CS(=O)(=O)c2ccccc2)nnc1SCc1ccc(Cl)cc1. The van der Waals surface area contributed by atoms with Gasteiger partial charge < -0.3 is 4.57 Å². The zero-order chi connectivity index (χ0) is 18.6. The number of nitrogens with zero attached hydrogens (tertiary/aromatic N) is 3. The Labute approximate surface area is 162 Å². The van der Waals surface area contributed by atoms with Crippen molar-refractivity contribution in [2.75, 3.05) is 0 Å². The molecule has 0 aliphatic carbocycles. The molecule has 5 nitrogen and oxygen atoms in total. The summed E-state index contributed by atoms with van der Waals surface area (Å²) in [5.74, 6) is 0.995. The van der Waals surface area contributed by atoms with E-state index in [2.05, 4.69) is 10.2 Å². The van der Waals surface area contributed by atoms with Crippen LogP contribution in [0.25, 0.3) is 0 Å². The largest absolute Gasteiger partial charge is 0.305 e. The van der Waals surface area contributed by atoms with Gasteiger partial charge in [-0.25, -0.2) is 8.42 Å². The van der Waals surface area contributed by atoms with Crippen molar-refractivity contribution in [1.82, 2.24) is 14.8 Å². The molecule has 136 valence electrons. The van der Waals surface area contributed by atoms with Crippen molar-refractivity contribution >= 4 is 33.2 Å². The first kappa shape index (κ1) is 18.9. The fraction of sp³-hybridized carbons (Fsp3) is 0.222. The minimum Gasteiger partial charge on any atom is -0.305 e. The Balaban J connectivity index is 1.76. The maximum absolute atomic E-state index is 12.6. The Morgan fingerprint density at radius 3 is 2.38 bits per heavy atom. The smallest absolute Gasteiger partial charge is 0.191 e. The number of thioether (sulfide) groups is 1. The molecule has 8 heteroatoms. The van der Waals surface area contributed by atoms with Gasteiger partial charge in [0, 0.05) is 17.3 Å². The van der Waals surface area contributed by atoms with Crippen LogP contribution in [0.1, 0.15) is 18.3 Å². The summed E-state index contributed by atoms with van der Waals surface area (Å²) in [6.45, 7) is 2.56. The fourth-order valence-corrected chi connectivity index (χ4v) is 4.85. The second kappa shape index (κ2) is 8.24. The van der Waals surface area contributed by atoms with Crippen LogP contribution in [0, 0.1) is 0 Å². The first-order valence-corrected chi connectivity index (χ1v) is 11.1. The normalized spacial score (nSPS) is 11.6. The van der Waals surface area contributed by atoms with Crippen LogP contribution in [0.2, 0.25) is 5.02 Å². The molecule has 1 heterocycles. The fourth-order valence-electron chi connectivity index (χ4n) is 2.46. The van der Waals surface area contributed by atoms with E-state index in [4.69, 9.17) is 11.6 Å². The topological polar surface area (TPSA) is 64.8 Å². The lowest BCUT2D eigenvalue weighted by atomic mass is 10.2. The lowest BCUT2D eigenvalue weighted by Gasteiger charge is -2.08. The molecular weight excluding hydrogens is 390 g/mol. The van der Waals surface area contributed by atoms with Gasteiger partial charge in [0.15, 0.2) is 15.0 Å². The average Bonchev–Trinajstić information content (AvgIpc) is 3.03. The van der Waals surface area contributed by atoms with Crippen molar-refractivity contribution in [2.24, 2.45) is 0 Å². The van der Waals surface area contributed by atoms with Gasteiger partial charge in [0.1, 0.15) is 11.6 Å². The second-order valence-corrected chi connectivity index (χ2v) is 9.00. The van der Waals surface area contributed by atoms with Crippen LogP contribution in [0.15, 0.2) is 64.6 Å². The highest BCUT2D eigenvalue weighted by molar-refractivity contribution is 7.98. The van der Waals surface area contributed by atoms with Gasteiger partial charge in [0.05, 0.1) is 4.90 Å². The third-order valence-corrected chi connectivity index (χ3v) is 6.73. The maximum Gasteiger partial charge on any atom is 0.191 e. The Bertz CT molecular complexity index is 971. The van der Waals surface area contributed by atoms with Crippen molar-refractivity contribution in [3.63, 3.8) is 0 Å². The van der Waals surface area contributed by atoms with E-state index < -0.39 is 9.84 Å². The Kier molecular flexibility index (Phi) is 6.01. The van der Waals surface area contributed by atoms with Gasteiger partial charge in [-0.3, -0.25) is 0 Å². The van der Waals surface area contributed by atoms with Crippen LogP contribution < -0.4 is 0 Å². The molecule has 3 aromatic rings. The Morgan fingerprint density at radius 2 is 1.73 bits per heavy atom. The van der Waals surface area contributed by atoms with E-state index in [0.717, 1.165) is 5.56 Å². The number of hydrogen-bond acceptors (Lipinski definition) is 5. The molecule has 0 spiro atoms. The van der Waals surface area contributed by atoms with Gasteiger partial charge in [-0.2, -0.15) is 0 Å². The minimum atomic E-state index is -3.45. The summed E-state index contributed by atoms with van der Waals surface area (Å²) in [5.41, 5.74) is 1.11. The predicted molar refractivity (Wildman–Crippen MR) is 104 cm³/mol. The number of aromatic nitrogens is 3. The number of hydrogen-bond donors (Lipinski definition) is 0. The molecule has 0 aliphatic heterocycles. The summed E-state index contributed by atoms with van der Waals surface area (Å²) < 4.78 is 27.0. The van der Waals surface area contributed by atoms with E-state index in [1.807, 2.05) is 35.8 Å². The molecule has 0 amide bonds. The summed E-state index contributed by atoms with van der Waals surface area (Å²) in [4.78, 5) is 0.293.